The zero-order valence-corrected chi connectivity index (χ0v) is 12.0. The molecule has 0 bridgehead atoms. The highest BCUT2D eigenvalue weighted by Gasteiger charge is 2.21. The highest BCUT2D eigenvalue weighted by atomic mass is 32.1. The number of benzene rings is 1. The second-order valence-corrected chi connectivity index (χ2v) is 6.00. The third-order valence-electron chi connectivity index (χ3n) is 3.38. The van der Waals surface area contributed by atoms with Gasteiger partial charge in [0.05, 0.1) is 12.2 Å². The van der Waals surface area contributed by atoms with E-state index in [4.69, 9.17) is 5.73 Å². The summed E-state index contributed by atoms with van der Waals surface area (Å²) in [5, 5.41) is 5.24. The highest BCUT2D eigenvalue weighted by Crippen LogP contribution is 2.33. The molecular formula is C15H17N3OS. The monoisotopic (exact) mass is 287 g/mol. The average molecular weight is 287 g/mol. The SMILES string of the molecule is NCC(=O)Nc1nc(-c2cccc(CC3CC3)c2)cs1. The number of carbonyl (C=O) groups is 1. The number of anilines is 1. The van der Waals surface area contributed by atoms with Crippen LogP contribution in [0, 0.1) is 5.92 Å². The van der Waals surface area contributed by atoms with Crippen LogP contribution in [0.3, 0.4) is 0 Å². The van der Waals surface area contributed by atoms with Crippen molar-refractivity contribution < 1.29 is 4.79 Å². The van der Waals surface area contributed by atoms with Crippen LogP contribution in [-0.4, -0.2) is 17.4 Å². The summed E-state index contributed by atoms with van der Waals surface area (Å²) < 4.78 is 0. The van der Waals surface area contributed by atoms with Gasteiger partial charge in [-0.2, -0.15) is 0 Å². The molecule has 1 aromatic heterocycles. The molecule has 1 aromatic carbocycles. The molecule has 3 rings (SSSR count). The first-order valence-corrected chi connectivity index (χ1v) is 7.67. The summed E-state index contributed by atoms with van der Waals surface area (Å²) in [6, 6.07) is 8.50. The summed E-state index contributed by atoms with van der Waals surface area (Å²) >= 11 is 1.42. The summed E-state index contributed by atoms with van der Waals surface area (Å²) in [7, 11) is 0. The minimum Gasteiger partial charge on any atom is -0.322 e. The molecule has 0 aliphatic heterocycles. The van der Waals surface area contributed by atoms with Crippen molar-refractivity contribution in [3.05, 3.63) is 35.2 Å². The average Bonchev–Trinajstić information content (AvgIpc) is 3.15. The van der Waals surface area contributed by atoms with Gasteiger partial charge in [0.15, 0.2) is 5.13 Å². The molecule has 1 heterocycles. The molecule has 104 valence electrons. The first kappa shape index (κ1) is 13.3. The second kappa shape index (κ2) is 5.73. The predicted molar refractivity (Wildman–Crippen MR) is 81.7 cm³/mol. The van der Waals surface area contributed by atoms with Gasteiger partial charge in [-0.15, -0.1) is 11.3 Å². The van der Waals surface area contributed by atoms with E-state index < -0.39 is 0 Å². The lowest BCUT2D eigenvalue weighted by atomic mass is 10.0. The molecule has 0 unspecified atom stereocenters. The number of nitrogens with two attached hydrogens (primary N) is 1. The number of amides is 1. The molecule has 0 spiro atoms. The fourth-order valence-electron chi connectivity index (χ4n) is 2.15. The van der Waals surface area contributed by atoms with Crippen LogP contribution < -0.4 is 11.1 Å². The zero-order valence-electron chi connectivity index (χ0n) is 11.1. The molecule has 0 atom stereocenters. The van der Waals surface area contributed by atoms with Gasteiger partial charge in [-0.3, -0.25) is 4.79 Å². The van der Waals surface area contributed by atoms with E-state index in [2.05, 4.69) is 34.6 Å². The number of carbonyl (C=O) groups excluding carboxylic acids is 1. The number of rotatable bonds is 5. The Morgan fingerprint density at radius 3 is 3.05 bits per heavy atom. The maximum atomic E-state index is 11.2. The minimum atomic E-state index is -0.214. The molecule has 1 aliphatic rings. The number of aromatic nitrogens is 1. The largest absolute Gasteiger partial charge is 0.322 e. The van der Waals surface area contributed by atoms with Gasteiger partial charge < -0.3 is 11.1 Å². The summed E-state index contributed by atoms with van der Waals surface area (Å²) in [4.78, 5) is 15.7. The van der Waals surface area contributed by atoms with Crippen LogP contribution in [0.5, 0.6) is 0 Å². The van der Waals surface area contributed by atoms with Gasteiger partial charge in [0.25, 0.3) is 0 Å². The van der Waals surface area contributed by atoms with Crippen molar-refractivity contribution >= 4 is 22.4 Å². The Labute approximate surface area is 122 Å². The Morgan fingerprint density at radius 2 is 2.30 bits per heavy atom. The van der Waals surface area contributed by atoms with Crippen molar-refractivity contribution in [1.82, 2.24) is 4.98 Å². The molecule has 0 radical (unpaired) electrons. The number of thiazole rings is 1. The summed E-state index contributed by atoms with van der Waals surface area (Å²) in [6.07, 6.45) is 3.88. The molecule has 3 N–H and O–H groups in total. The van der Waals surface area contributed by atoms with Gasteiger partial charge in [0, 0.05) is 10.9 Å². The van der Waals surface area contributed by atoms with Crippen molar-refractivity contribution in [1.29, 1.82) is 0 Å². The molecule has 20 heavy (non-hydrogen) atoms. The van der Waals surface area contributed by atoms with Crippen molar-refractivity contribution in [3.8, 4) is 11.3 Å². The fourth-order valence-corrected chi connectivity index (χ4v) is 2.88. The molecule has 5 heteroatoms. The Hall–Kier alpha value is -1.72. The van der Waals surface area contributed by atoms with Crippen LogP contribution in [0.1, 0.15) is 18.4 Å². The van der Waals surface area contributed by atoms with Crippen molar-refractivity contribution in [2.75, 3.05) is 11.9 Å². The smallest absolute Gasteiger partial charge is 0.239 e. The van der Waals surface area contributed by atoms with Gasteiger partial charge in [0.2, 0.25) is 5.91 Å². The summed E-state index contributed by atoms with van der Waals surface area (Å²) in [5.74, 6) is 0.661. The molecule has 1 amide bonds. The van der Waals surface area contributed by atoms with E-state index in [-0.39, 0.29) is 12.5 Å². The number of nitrogens with zero attached hydrogens (tertiary/aromatic N) is 1. The van der Waals surface area contributed by atoms with Crippen LogP contribution in [0.25, 0.3) is 11.3 Å². The second-order valence-electron chi connectivity index (χ2n) is 5.14. The van der Waals surface area contributed by atoms with Crippen LogP contribution >= 0.6 is 11.3 Å². The first-order valence-electron chi connectivity index (χ1n) is 6.79. The van der Waals surface area contributed by atoms with Gasteiger partial charge in [0.1, 0.15) is 0 Å². The van der Waals surface area contributed by atoms with Crippen molar-refractivity contribution in [2.24, 2.45) is 11.7 Å². The molecule has 0 saturated heterocycles. The molecule has 1 fully saturated rings. The van der Waals surface area contributed by atoms with E-state index in [9.17, 15) is 4.79 Å². The topological polar surface area (TPSA) is 68.0 Å². The molecule has 1 aliphatic carbocycles. The van der Waals surface area contributed by atoms with E-state index in [0.717, 1.165) is 23.6 Å². The van der Waals surface area contributed by atoms with Crippen LogP contribution in [0.4, 0.5) is 5.13 Å². The van der Waals surface area contributed by atoms with E-state index in [1.807, 2.05) is 5.38 Å². The lowest BCUT2D eigenvalue weighted by molar-refractivity contribution is -0.114. The van der Waals surface area contributed by atoms with Gasteiger partial charge >= 0.3 is 0 Å². The standard InChI is InChI=1S/C15H17N3OS/c16-8-14(19)18-15-17-13(9-20-15)12-3-1-2-11(7-12)6-10-4-5-10/h1-3,7,9-10H,4-6,8,16H2,(H,17,18,19). The summed E-state index contributed by atoms with van der Waals surface area (Å²) in [6.45, 7) is -0.0220. The normalized spacial score (nSPS) is 14.2. The van der Waals surface area contributed by atoms with E-state index in [1.54, 1.807) is 0 Å². The number of hydrogen-bond donors (Lipinski definition) is 2. The number of nitrogens with one attached hydrogen (secondary N) is 1. The summed E-state index contributed by atoms with van der Waals surface area (Å²) in [5.41, 5.74) is 8.65. The third-order valence-corrected chi connectivity index (χ3v) is 4.14. The molecular weight excluding hydrogens is 270 g/mol. The minimum absolute atomic E-state index is 0.0220. The van der Waals surface area contributed by atoms with Crippen LogP contribution in [0.2, 0.25) is 0 Å². The molecule has 1 saturated carbocycles. The highest BCUT2D eigenvalue weighted by molar-refractivity contribution is 7.14. The van der Waals surface area contributed by atoms with Crippen LogP contribution in [-0.2, 0) is 11.2 Å². The Morgan fingerprint density at radius 1 is 1.45 bits per heavy atom. The Bertz CT molecular complexity index is 619. The first-order chi connectivity index (χ1) is 9.74. The van der Waals surface area contributed by atoms with Gasteiger partial charge in [-0.1, -0.05) is 18.2 Å². The Balaban J connectivity index is 1.76. The predicted octanol–water partition coefficient (Wildman–Crippen LogP) is 2.66. The van der Waals surface area contributed by atoms with E-state index in [0.29, 0.717) is 5.13 Å². The maximum absolute atomic E-state index is 11.2. The van der Waals surface area contributed by atoms with Gasteiger partial charge in [-0.05, 0) is 36.8 Å². The molecule has 2 aromatic rings. The lowest BCUT2D eigenvalue weighted by Crippen LogP contribution is -2.21. The fraction of sp³-hybridized carbons (Fsp3) is 0.333. The Kier molecular flexibility index (Phi) is 3.80. The maximum Gasteiger partial charge on any atom is 0.239 e. The quantitative estimate of drug-likeness (QED) is 0.888. The molecule has 4 nitrogen and oxygen atoms in total. The zero-order chi connectivity index (χ0) is 13.9. The lowest BCUT2D eigenvalue weighted by Gasteiger charge is -2.02. The number of hydrogen-bond acceptors (Lipinski definition) is 4. The van der Waals surface area contributed by atoms with E-state index in [1.165, 1.54) is 29.7 Å². The third kappa shape index (κ3) is 3.23. The van der Waals surface area contributed by atoms with Crippen molar-refractivity contribution in [2.45, 2.75) is 19.3 Å². The van der Waals surface area contributed by atoms with Gasteiger partial charge in [-0.25, -0.2) is 4.98 Å². The van der Waals surface area contributed by atoms with E-state index >= 15 is 0 Å². The van der Waals surface area contributed by atoms with Crippen molar-refractivity contribution in [3.63, 3.8) is 0 Å². The van der Waals surface area contributed by atoms with Crippen LogP contribution in [0.15, 0.2) is 29.6 Å².